The van der Waals surface area contributed by atoms with Crippen molar-refractivity contribution in [1.82, 2.24) is 4.90 Å². The number of nitro groups is 1. The first kappa shape index (κ1) is 16.1. The molecule has 1 amide bonds. The van der Waals surface area contributed by atoms with Crippen LogP contribution in [0, 0.1) is 22.9 Å². The van der Waals surface area contributed by atoms with E-state index in [0.717, 1.165) is 18.4 Å². The minimum atomic E-state index is -0.479. The lowest BCUT2D eigenvalue weighted by atomic mass is 10.1. The molecule has 3 rings (SSSR count). The molecule has 2 aromatic rings. The molecule has 1 saturated carbocycles. The average molecular weight is 328 g/mol. The lowest BCUT2D eigenvalue weighted by molar-refractivity contribution is -0.385. The van der Waals surface area contributed by atoms with Gasteiger partial charge in [-0.15, -0.1) is 0 Å². The fourth-order valence-corrected chi connectivity index (χ4v) is 2.64. The summed E-state index contributed by atoms with van der Waals surface area (Å²) in [5, 5.41) is 11.1. The van der Waals surface area contributed by atoms with Gasteiger partial charge in [-0.2, -0.15) is 0 Å². The van der Waals surface area contributed by atoms with E-state index in [9.17, 15) is 19.3 Å². The molecule has 0 radical (unpaired) electrons. The molecular weight excluding hydrogens is 311 g/mol. The smallest absolute Gasteiger partial charge is 0.273 e. The molecule has 2 aromatic carbocycles. The monoisotopic (exact) mass is 328 g/mol. The van der Waals surface area contributed by atoms with Gasteiger partial charge in [-0.3, -0.25) is 14.9 Å². The van der Waals surface area contributed by atoms with E-state index >= 15 is 0 Å². The average Bonchev–Trinajstić information content (AvgIpc) is 3.38. The molecule has 0 N–H and O–H groups in total. The molecule has 1 aliphatic rings. The summed E-state index contributed by atoms with van der Waals surface area (Å²) < 4.78 is 13.0. The van der Waals surface area contributed by atoms with Gasteiger partial charge in [-0.25, -0.2) is 4.39 Å². The number of aryl methyl sites for hydroxylation is 1. The highest BCUT2D eigenvalue weighted by atomic mass is 19.1. The fourth-order valence-electron chi connectivity index (χ4n) is 2.64. The van der Waals surface area contributed by atoms with Crippen molar-refractivity contribution in [3.63, 3.8) is 0 Å². The zero-order valence-corrected chi connectivity index (χ0v) is 13.2. The number of amides is 1. The van der Waals surface area contributed by atoms with E-state index in [-0.39, 0.29) is 23.5 Å². The zero-order chi connectivity index (χ0) is 17.3. The van der Waals surface area contributed by atoms with Gasteiger partial charge in [-0.05, 0) is 43.5 Å². The molecule has 0 saturated heterocycles. The highest BCUT2D eigenvalue weighted by Gasteiger charge is 2.33. The Labute approximate surface area is 138 Å². The van der Waals surface area contributed by atoms with Crippen LogP contribution in [0.15, 0.2) is 42.5 Å². The van der Waals surface area contributed by atoms with Crippen LogP contribution in [0.1, 0.15) is 34.3 Å². The maximum absolute atomic E-state index is 13.0. The molecule has 0 aromatic heterocycles. The number of hydrogen-bond donors (Lipinski definition) is 0. The third-order valence-corrected chi connectivity index (χ3v) is 4.17. The van der Waals surface area contributed by atoms with Crippen molar-refractivity contribution < 1.29 is 14.1 Å². The molecule has 0 spiro atoms. The molecule has 5 nitrogen and oxygen atoms in total. The molecule has 0 atom stereocenters. The Balaban J connectivity index is 1.86. The second-order valence-electron chi connectivity index (χ2n) is 6.05. The predicted molar refractivity (Wildman–Crippen MR) is 87.1 cm³/mol. The van der Waals surface area contributed by atoms with Crippen LogP contribution in [0.5, 0.6) is 0 Å². The number of benzene rings is 2. The predicted octanol–water partition coefficient (Wildman–Crippen LogP) is 3.85. The van der Waals surface area contributed by atoms with Crippen molar-refractivity contribution >= 4 is 11.6 Å². The summed E-state index contributed by atoms with van der Waals surface area (Å²) >= 11 is 0. The summed E-state index contributed by atoms with van der Waals surface area (Å²) in [4.78, 5) is 25.1. The van der Waals surface area contributed by atoms with E-state index in [4.69, 9.17) is 0 Å². The van der Waals surface area contributed by atoms with Crippen molar-refractivity contribution in [1.29, 1.82) is 0 Å². The van der Waals surface area contributed by atoms with Gasteiger partial charge in [-0.1, -0.05) is 18.2 Å². The number of carbonyl (C=O) groups excluding carboxylic acids is 1. The van der Waals surface area contributed by atoms with Crippen LogP contribution in [0.25, 0.3) is 0 Å². The quantitative estimate of drug-likeness (QED) is 0.618. The van der Waals surface area contributed by atoms with Crippen molar-refractivity contribution in [2.45, 2.75) is 32.4 Å². The summed E-state index contributed by atoms with van der Waals surface area (Å²) in [6.07, 6.45) is 1.84. The lowest BCUT2D eigenvalue weighted by Gasteiger charge is -2.22. The molecule has 24 heavy (non-hydrogen) atoms. The number of carbonyl (C=O) groups is 1. The number of nitro benzene ring substituents is 1. The minimum Gasteiger partial charge on any atom is -0.331 e. The molecule has 0 heterocycles. The Hall–Kier alpha value is -2.76. The van der Waals surface area contributed by atoms with Crippen molar-refractivity contribution in [3.05, 3.63) is 75.1 Å². The largest absolute Gasteiger partial charge is 0.331 e. The SMILES string of the molecule is Cc1ccc(C(=O)N(Cc2ccc(F)cc2)C2CC2)cc1[N+](=O)[O-]. The molecule has 0 unspecified atom stereocenters. The summed E-state index contributed by atoms with van der Waals surface area (Å²) in [6.45, 7) is 2.01. The second-order valence-corrected chi connectivity index (χ2v) is 6.05. The molecule has 6 heteroatoms. The molecule has 1 fully saturated rings. The number of halogens is 1. The Morgan fingerprint density at radius 3 is 2.50 bits per heavy atom. The Morgan fingerprint density at radius 2 is 1.92 bits per heavy atom. The molecule has 0 bridgehead atoms. The normalized spacial score (nSPS) is 13.6. The van der Waals surface area contributed by atoms with E-state index in [1.165, 1.54) is 18.2 Å². The third-order valence-electron chi connectivity index (χ3n) is 4.17. The van der Waals surface area contributed by atoms with E-state index in [0.29, 0.717) is 17.7 Å². The van der Waals surface area contributed by atoms with Crippen molar-refractivity contribution in [3.8, 4) is 0 Å². The second kappa shape index (κ2) is 6.39. The third kappa shape index (κ3) is 3.42. The summed E-state index contributed by atoms with van der Waals surface area (Å²) in [6, 6.07) is 10.7. The van der Waals surface area contributed by atoms with Crippen LogP contribution < -0.4 is 0 Å². The first-order valence-electron chi connectivity index (χ1n) is 7.76. The van der Waals surface area contributed by atoms with Gasteiger partial charge in [0.05, 0.1) is 4.92 Å². The maximum Gasteiger partial charge on any atom is 0.273 e. The Bertz CT molecular complexity index is 785. The van der Waals surface area contributed by atoms with Crippen LogP contribution in [0.4, 0.5) is 10.1 Å². The van der Waals surface area contributed by atoms with E-state index in [2.05, 4.69) is 0 Å². The van der Waals surface area contributed by atoms with Gasteiger partial charge >= 0.3 is 0 Å². The van der Waals surface area contributed by atoms with E-state index in [1.54, 1.807) is 36.1 Å². The maximum atomic E-state index is 13.0. The number of hydrogen-bond acceptors (Lipinski definition) is 3. The zero-order valence-electron chi connectivity index (χ0n) is 13.2. The highest BCUT2D eigenvalue weighted by Crippen LogP contribution is 2.31. The van der Waals surface area contributed by atoms with Gasteiger partial charge < -0.3 is 4.90 Å². The molecule has 124 valence electrons. The summed E-state index contributed by atoms with van der Waals surface area (Å²) in [5.74, 6) is -0.554. The van der Waals surface area contributed by atoms with Crippen LogP contribution in [-0.4, -0.2) is 21.8 Å². The summed E-state index contributed by atoms with van der Waals surface area (Å²) in [7, 11) is 0. The van der Waals surface area contributed by atoms with Gasteiger partial charge in [0, 0.05) is 29.8 Å². The minimum absolute atomic E-state index is 0.0571. The first-order valence-corrected chi connectivity index (χ1v) is 7.76. The van der Waals surface area contributed by atoms with Crippen LogP contribution in [-0.2, 0) is 6.54 Å². The highest BCUT2D eigenvalue weighted by molar-refractivity contribution is 5.95. The van der Waals surface area contributed by atoms with Crippen LogP contribution >= 0.6 is 0 Å². The lowest BCUT2D eigenvalue weighted by Crippen LogP contribution is -2.32. The molecular formula is C18H17FN2O3. The van der Waals surface area contributed by atoms with Crippen molar-refractivity contribution in [2.75, 3.05) is 0 Å². The molecule has 0 aliphatic heterocycles. The topological polar surface area (TPSA) is 63.5 Å². The van der Waals surface area contributed by atoms with Crippen LogP contribution in [0.3, 0.4) is 0 Å². The van der Waals surface area contributed by atoms with E-state index < -0.39 is 4.92 Å². The fraction of sp³-hybridized carbons (Fsp3) is 0.278. The van der Waals surface area contributed by atoms with Gasteiger partial charge in [0.15, 0.2) is 0 Å². The van der Waals surface area contributed by atoms with Gasteiger partial charge in [0.2, 0.25) is 0 Å². The van der Waals surface area contributed by atoms with Crippen LogP contribution in [0.2, 0.25) is 0 Å². The van der Waals surface area contributed by atoms with Crippen molar-refractivity contribution in [2.24, 2.45) is 0 Å². The van der Waals surface area contributed by atoms with E-state index in [1.807, 2.05) is 0 Å². The van der Waals surface area contributed by atoms with Gasteiger partial charge in [0.25, 0.3) is 11.6 Å². The first-order chi connectivity index (χ1) is 11.5. The Kier molecular flexibility index (Phi) is 4.29. The standard InChI is InChI=1S/C18H17FN2O3/c1-12-2-5-14(10-17(12)21(23)24)18(22)20(16-8-9-16)11-13-3-6-15(19)7-4-13/h2-7,10,16H,8-9,11H2,1H3. The number of rotatable bonds is 5. The molecule has 1 aliphatic carbocycles. The number of nitrogens with zero attached hydrogens (tertiary/aromatic N) is 2. The summed E-state index contributed by atoms with van der Waals surface area (Å²) in [5.41, 5.74) is 1.60. The Morgan fingerprint density at radius 1 is 1.25 bits per heavy atom. The van der Waals surface area contributed by atoms with Gasteiger partial charge in [0.1, 0.15) is 5.82 Å².